The normalized spacial score (nSPS) is 18.9. The van der Waals surface area contributed by atoms with E-state index in [-0.39, 0.29) is 5.69 Å². The zero-order valence-corrected chi connectivity index (χ0v) is 16.4. The van der Waals surface area contributed by atoms with Crippen LogP contribution in [0.4, 0.5) is 10.1 Å². The second kappa shape index (κ2) is 7.63. The number of nitrogens with zero attached hydrogens (tertiary/aromatic N) is 5. The molecule has 1 atom stereocenters. The van der Waals surface area contributed by atoms with Gasteiger partial charge in [-0.3, -0.25) is 9.79 Å². The van der Waals surface area contributed by atoms with E-state index in [0.29, 0.717) is 28.7 Å². The van der Waals surface area contributed by atoms with Gasteiger partial charge in [-0.25, -0.2) is 19.0 Å². The highest BCUT2D eigenvalue weighted by Crippen LogP contribution is 2.37. The van der Waals surface area contributed by atoms with Crippen molar-refractivity contribution >= 4 is 28.5 Å². The number of aromatic nitrogens is 4. The van der Waals surface area contributed by atoms with Crippen LogP contribution in [0.2, 0.25) is 0 Å². The van der Waals surface area contributed by atoms with Crippen LogP contribution < -0.4 is 11.1 Å². The smallest absolute Gasteiger partial charge is 0.275 e. The minimum absolute atomic E-state index is 0.134. The summed E-state index contributed by atoms with van der Waals surface area (Å²) >= 11 is 1.45. The first-order chi connectivity index (χ1) is 13.9. The monoisotopic (exact) mass is 411 g/mol. The molecule has 1 aromatic carbocycles. The molecule has 0 spiro atoms. The summed E-state index contributed by atoms with van der Waals surface area (Å²) in [7, 11) is 0. The van der Waals surface area contributed by atoms with E-state index in [0.717, 1.165) is 5.75 Å². The minimum Gasteiger partial charge on any atom is -0.379 e. The topological polar surface area (TPSA) is 111 Å². The highest BCUT2D eigenvalue weighted by molar-refractivity contribution is 8.13. The molecule has 1 aliphatic heterocycles. The molecular formula is C19H18FN7OS. The van der Waals surface area contributed by atoms with Gasteiger partial charge in [-0.2, -0.15) is 5.10 Å². The minimum atomic E-state index is -0.772. The van der Waals surface area contributed by atoms with Crippen LogP contribution in [0.25, 0.3) is 5.82 Å². The Hall–Kier alpha value is -3.27. The second-order valence-electron chi connectivity index (χ2n) is 6.68. The lowest BCUT2D eigenvalue weighted by atomic mass is 9.89. The molecule has 1 aliphatic rings. The van der Waals surface area contributed by atoms with E-state index >= 15 is 0 Å². The number of nitrogens with one attached hydrogen (secondary N) is 1. The van der Waals surface area contributed by atoms with E-state index in [1.165, 1.54) is 41.0 Å². The molecule has 148 valence electrons. The first kappa shape index (κ1) is 19.1. The van der Waals surface area contributed by atoms with Crippen molar-refractivity contribution < 1.29 is 9.18 Å². The Balaban J connectivity index is 1.55. The molecule has 10 heteroatoms. The van der Waals surface area contributed by atoms with Gasteiger partial charge in [0, 0.05) is 29.4 Å². The molecule has 3 heterocycles. The molecule has 4 rings (SSSR count). The summed E-state index contributed by atoms with van der Waals surface area (Å²) in [6, 6.07) is 6.16. The predicted molar refractivity (Wildman–Crippen MR) is 110 cm³/mol. The lowest BCUT2D eigenvalue weighted by Crippen LogP contribution is -2.29. The molecule has 0 fully saturated rings. The molecule has 0 saturated heterocycles. The van der Waals surface area contributed by atoms with E-state index in [9.17, 15) is 9.18 Å². The average molecular weight is 411 g/mol. The van der Waals surface area contributed by atoms with Gasteiger partial charge in [0.1, 0.15) is 11.5 Å². The van der Waals surface area contributed by atoms with Crippen molar-refractivity contribution in [3.8, 4) is 5.82 Å². The summed E-state index contributed by atoms with van der Waals surface area (Å²) in [5, 5.41) is 7.22. The third kappa shape index (κ3) is 3.97. The Morgan fingerprint density at radius 3 is 2.90 bits per heavy atom. The van der Waals surface area contributed by atoms with Gasteiger partial charge in [-0.1, -0.05) is 11.8 Å². The van der Waals surface area contributed by atoms with Crippen LogP contribution in [0.5, 0.6) is 0 Å². The van der Waals surface area contributed by atoms with Gasteiger partial charge in [-0.05, 0) is 37.6 Å². The maximum Gasteiger partial charge on any atom is 0.275 e. The summed E-state index contributed by atoms with van der Waals surface area (Å²) in [6.07, 6.45) is 6.81. The molecule has 0 aliphatic carbocycles. The summed E-state index contributed by atoms with van der Waals surface area (Å²) in [5.41, 5.74) is 6.03. The highest BCUT2D eigenvalue weighted by Gasteiger charge is 2.32. The fraction of sp³-hybridized carbons (Fsp3) is 0.211. The van der Waals surface area contributed by atoms with Crippen molar-refractivity contribution in [1.82, 2.24) is 19.7 Å². The van der Waals surface area contributed by atoms with Crippen LogP contribution in [-0.2, 0) is 5.54 Å². The first-order valence-electron chi connectivity index (χ1n) is 8.86. The van der Waals surface area contributed by atoms with Crippen LogP contribution in [-0.4, -0.2) is 36.6 Å². The maximum atomic E-state index is 14.5. The van der Waals surface area contributed by atoms with E-state index < -0.39 is 17.3 Å². The fourth-order valence-electron chi connectivity index (χ4n) is 3.05. The lowest BCUT2D eigenvalue weighted by molar-refractivity contribution is 0.102. The number of amidine groups is 1. The number of halogens is 1. The highest BCUT2D eigenvalue weighted by atomic mass is 32.2. The van der Waals surface area contributed by atoms with Gasteiger partial charge in [0.25, 0.3) is 5.91 Å². The summed E-state index contributed by atoms with van der Waals surface area (Å²) in [5.74, 6) is 0.404. The third-order valence-corrected chi connectivity index (χ3v) is 5.41. The number of benzene rings is 1. The SMILES string of the molecule is C[C@@]1(c2cc(NC(=O)c3cnc(-n4cccn4)cn3)ccc2F)CCSC(N)=N1. The van der Waals surface area contributed by atoms with Crippen molar-refractivity contribution in [3.05, 3.63) is 66.1 Å². The summed E-state index contributed by atoms with van der Waals surface area (Å²) in [6.45, 7) is 1.84. The number of rotatable bonds is 4. The van der Waals surface area contributed by atoms with E-state index in [1.54, 1.807) is 24.5 Å². The Bertz CT molecular complexity index is 1070. The number of amides is 1. The zero-order chi connectivity index (χ0) is 20.4. The molecule has 2 aromatic heterocycles. The summed E-state index contributed by atoms with van der Waals surface area (Å²) in [4.78, 5) is 25.3. The second-order valence-corrected chi connectivity index (χ2v) is 7.80. The zero-order valence-electron chi connectivity index (χ0n) is 15.5. The maximum absolute atomic E-state index is 14.5. The quantitative estimate of drug-likeness (QED) is 0.683. The largest absolute Gasteiger partial charge is 0.379 e. The Kier molecular flexibility index (Phi) is 5.01. The van der Waals surface area contributed by atoms with Crippen molar-refractivity contribution in [2.24, 2.45) is 10.7 Å². The molecule has 0 radical (unpaired) electrons. The molecule has 3 N–H and O–H groups in total. The third-order valence-electron chi connectivity index (χ3n) is 4.61. The van der Waals surface area contributed by atoms with Crippen molar-refractivity contribution in [3.63, 3.8) is 0 Å². The Morgan fingerprint density at radius 2 is 2.21 bits per heavy atom. The summed E-state index contributed by atoms with van der Waals surface area (Å²) < 4.78 is 16.0. The number of hydrogen-bond donors (Lipinski definition) is 2. The number of thioether (sulfide) groups is 1. The molecule has 0 unspecified atom stereocenters. The van der Waals surface area contributed by atoms with Gasteiger partial charge in [0.15, 0.2) is 11.0 Å². The van der Waals surface area contributed by atoms with Crippen LogP contribution in [0, 0.1) is 5.82 Å². The number of anilines is 1. The van der Waals surface area contributed by atoms with Crippen LogP contribution in [0.1, 0.15) is 29.4 Å². The molecule has 1 amide bonds. The number of aliphatic imine (C=N–C) groups is 1. The number of nitrogens with two attached hydrogens (primary N) is 1. The number of carbonyl (C=O) groups excluding carboxylic acids is 1. The van der Waals surface area contributed by atoms with Gasteiger partial charge in [0.05, 0.1) is 17.9 Å². The van der Waals surface area contributed by atoms with Crippen LogP contribution in [0.3, 0.4) is 0 Å². The van der Waals surface area contributed by atoms with Gasteiger partial charge in [-0.15, -0.1) is 0 Å². The number of hydrogen-bond acceptors (Lipinski definition) is 7. The molecule has 29 heavy (non-hydrogen) atoms. The average Bonchev–Trinajstić information content (AvgIpc) is 3.24. The molecule has 0 bridgehead atoms. The fourth-order valence-corrected chi connectivity index (χ4v) is 4.03. The van der Waals surface area contributed by atoms with Gasteiger partial charge < -0.3 is 11.1 Å². The molecule has 0 saturated carbocycles. The predicted octanol–water partition coefficient (Wildman–Crippen LogP) is 2.72. The van der Waals surface area contributed by atoms with Crippen molar-refractivity contribution in [1.29, 1.82) is 0 Å². The van der Waals surface area contributed by atoms with Gasteiger partial charge in [0.2, 0.25) is 0 Å². The van der Waals surface area contributed by atoms with E-state index in [1.807, 2.05) is 6.92 Å². The Labute approximate surface area is 170 Å². The first-order valence-corrected chi connectivity index (χ1v) is 9.85. The Morgan fingerprint density at radius 1 is 1.34 bits per heavy atom. The lowest BCUT2D eigenvalue weighted by Gasteiger charge is -2.30. The van der Waals surface area contributed by atoms with E-state index in [4.69, 9.17) is 5.73 Å². The van der Waals surface area contributed by atoms with Gasteiger partial charge >= 0.3 is 0 Å². The molecular weight excluding hydrogens is 393 g/mol. The van der Waals surface area contributed by atoms with E-state index in [2.05, 4.69) is 25.4 Å². The molecule has 8 nitrogen and oxygen atoms in total. The molecule has 3 aromatic rings. The van der Waals surface area contributed by atoms with Crippen molar-refractivity contribution in [2.45, 2.75) is 18.9 Å². The standard InChI is InChI=1S/C19H18FN7OS/c1-19(5-8-29-18(21)26-19)13-9-12(3-4-14(13)20)25-17(28)15-10-23-16(11-22-15)27-7-2-6-24-27/h2-4,6-7,9-11H,5,8H2,1H3,(H2,21,26)(H,25,28)/t19-/m0/s1. The van der Waals surface area contributed by atoms with Crippen LogP contribution in [0.15, 0.2) is 54.0 Å². The van der Waals surface area contributed by atoms with Crippen LogP contribution >= 0.6 is 11.8 Å². The number of carbonyl (C=O) groups is 1. The van der Waals surface area contributed by atoms with Crippen molar-refractivity contribution in [2.75, 3.05) is 11.1 Å².